The minimum absolute atomic E-state index is 0.271. The van der Waals surface area contributed by atoms with Crippen molar-refractivity contribution in [1.29, 1.82) is 0 Å². The highest BCUT2D eigenvalue weighted by Crippen LogP contribution is 2.61. The second kappa shape index (κ2) is 11.4. The molecule has 2 amide bonds. The Balaban J connectivity index is 1.31. The maximum Gasteiger partial charge on any atom is 0.410 e. The van der Waals surface area contributed by atoms with E-state index in [1.807, 2.05) is 37.8 Å². The van der Waals surface area contributed by atoms with E-state index in [1.54, 1.807) is 24.3 Å². The number of rotatable bonds is 10. The van der Waals surface area contributed by atoms with Crippen molar-refractivity contribution in [2.45, 2.75) is 84.2 Å². The predicted octanol–water partition coefficient (Wildman–Crippen LogP) is 5.93. The Morgan fingerprint density at radius 1 is 0.972 bits per heavy atom. The van der Waals surface area contributed by atoms with Crippen LogP contribution in [-0.2, 0) is 15.9 Å². The van der Waals surface area contributed by atoms with Gasteiger partial charge in [0.2, 0.25) is 0 Å². The van der Waals surface area contributed by atoms with Crippen LogP contribution in [0.15, 0.2) is 24.5 Å². The Labute approximate surface area is 216 Å². The summed E-state index contributed by atoms with van der Waals surface area (Å²) in [4.78, 5) is 33.0. The average Bonchev–Trinajstić information content (AvgIpc) is 2.80. The molecule has 4 bridgehead atoms. The molecule has 36 heavy (non-hydrogen) atoms. The first-order chi connectivity index (χ1) is 17.1. The lowest BCUT2D eigenvalue weighted by atomic mass is 9.49. The Kier molecular flexibility index (Phi) is 8.46. The highest BCUT2D eigenvalue weighted by atomic mass is 16.6. The van der Waals surface area contributed by atoms with Gasteiger partial charge in [-0.1, -0.05) is 0 Å². The molecule has 7 nitrogen and oxygen atoms in total. The molecule has 4 aliphatic carbocycles. The molecular formula is C29H45N3O4. The van der Waals surface area contributed by atoms with Gasteiger partial charge in [0.25, 0.3) is 0 Å². The number of aryl methyl sites for hydroxylation is 1. The number of amides is 2. The van der Waals surface area contributed by atoms with Crippen molar-refractivity contribution in [2.24, 2.45) is 23.2 Å². The number of hydrogen-bond donors (Lipinski definition) is 0. The van der Waals surface area contributed by atoms with Crippen molar-refractivity contribution in [3.63, 3.8) is 0 Å². The van der Waals surface area contributed by atoms with Crippen molar-refractivity contribution < 1.29 is 19.1 Å². The summed E-state index contributed by atoms with van der Waals surface area (Å²) in [5, 5.41) is 0. The minimum atomic E-state index is -0.544. The molecule has 4 fully saturated rings. The van der Waals surface area contributed by atoms with Crippen LogP contribution in [0.1, 0.15) is 77.7 Å². The lowest BCUT2D eigenvalue weighted by Gasteiger charge is -2.57. The molecule has 0 radical (unpaired) electrons. The quantitative estimate of drug-likeness (QED) is 0.373. The molecule has 200 valence electrons. The van der Waals surface area contributed by atoms with Crippen LogP contribution in [0, 0.1) is 23.2 Å². The third kappa shape index (κ3) is 7.36. The summed E-state index contributed by atoms with van der Waals surface area (Å²) in [5.74, 6) is 2.68. The smallest absolute Gasteiger partial charge is 0.410 e. The van der Waals surface area contributed by atoms with Gasteiger partial charge in [0.15, 0.2) is 0 Å². The summed E-state index contributed by atoms with van der Waals surface area (Å²) >= 11 is 0. The fraction of sp³-hybridized carbons (Fsp3) is 0.759. The standard InChI is InChI=1S/C29H45N3O4/c1-28(2,3)36-26(33)31(4)13-14-32(27(34)35-15-5-6-22-7-10-30-11-8-22)12-9-29-19-23-16-24(20-29)18-25(17-23)21-29/h7-8,10-11,23-25H,5-6,9,12-21H2,1-4H3. The van der Waals surface area contributed by atoms with E-state index in [9.17, 15) is 9.59 Å². The molecule has 7 heteroatoms. The Hall–Kier alpha value is -2.31. The van der Waals surface area contributed by atoms with Gasteiger partial charge in [-0.2, -0.15) is 0 Å². The number of carbonyl (C=O) groups is 2. The molecular weight excluding hydrogens is 454 g/mol. The number of aromatic nitrogens is 1. The minimum Gasteiger partial charge on any atom is -0.449 e. The van der Waals surface area contributed by atoms with Crippen LogP contribution in [0.4, 0.5) is 9.59 Å². The Morgan fingerprint density at radius 2 is 1.58 bits per heavy atom. The van der Waals surface area contributed by atoms with Gasteiger partial charge in [-0.15, -0.1) is 0 Å². The van der Waals surface area contributed by atoms with E-state index in [1.165, 1.54) is 44.1 Å². The van der Waals surface area contributed by atoms with E-state index in [4.69, 9.17) is 9.47 Å². The summed E-state index contributed by atoms with van der Waals surface area (Å²) in [6.07, 6.45) is 13.8. The number of ether oxygens (including phenoxy) is 2. The summed E-state index contributed by atoms with van der Waals surface area (Å²) in [7, 11) is 1.73. The van der Waals surface area contributed by atoms with Crippen LogP contribution < -0.4 is 0 Å². The third-order valence-corrected chi connectivity index (χ3v) is 8.33. The molecule has 5 rings (SSSR count). The van der Waals surface area contributed by atoms with E-state index < -0.39 is 5.60 Å². The second-order valence-corrected chi connectivity index (χ2v) is 12.6. The average molecular weight is 500 g/mol. The van der Waals surface area contributed by atoms with Crippen molar-refractivity contribution in [3.05, 3.63) is 30.1 Å². The van der Waals surface area contributed by atoms with Crippen LogP contribution in [-0.4, -0.2) is 65.9 Å². The summed E-state index contributed by atoms with van der Waals surface area (Å²) in [6, 6.07) is 3.98. The van der Waals surface area contributed by atoms with Gasteiger partial charge in [0.1, 0.15) is 5.60 Å². The maximum atomic E-state index is 13.1. The van der Waals surface area contributed by atoms with Crippen LogP contribution in [0.5, 0.6) is 0 Å². The van der Waals surface area contributed by atoms with Crippen molar-refractivity contribution in [2.75, 3.05) is 33.3 Å². The zero-order valence-electron chi connectivity index (χ0n) is 22.7. The second-order valence-electron chi connectivity index (χ2n) is 12.6. The van der Waals surface area contributed by atoms with Crippen molar-refractivity contribution in [3.8, 4) is 0 Å². The van der Waals surface area contributed by atoms with E-state index in [0.717, 1.165) is 37.0 Å². The van der Waals surface area contributed by atoms with Gasteiger partial charge in [-0.05, 0) is 119 Å². The van der Waals surface area contributed by atoms with Gasteiger partial charge in [-0.3, -0.25) is 4.98 Å². The highest BCUT2D eigenvalue weighted by Gasteiger charge is 2.50. The molecule has 4 aliphatic rings. The van der Waals surface area contributed by atoms with Crippen molar-refractivity contribution in [1.82, 2.24) is 14.8 Å². The number of hydrogen-bond acceptors (Lipinski definition) is 5. The number of carbonyl (C=O) groups excluding carboxylic acids is 2. The molecule has 0 spiro atoms. The van der Waals surface area contributed by atoms with Gasteiger partial charge in [0.05, 0.1) is 6.61 Å². The van der Waals surface area contributed by atoms with Crippen LogP contribution >= 0.6 is 0 Å². The lowest BCUT2D eigenvalue weighted by molar-refractivity contribution is -0.0606. The van der Waals surface area contributed by atoms with E-state index in [2.05, 4.69) is 4.98 Å². The molecule has 1 aromatic heterocycles. The fourth-order valence-corrected chi connectivity index (χ4v) is 7.04. The number of pyridine rings is 1. The van der Waals surface area contributed by atoms with E-state index in [0.29, 0.717) is 31.7 Å². The molecule has 0 aliphatic heterocycles. The zero-order valence-corrected chi connectivity index (χ0v) is 22.7. The van der Waals surface area contributed by atoms with Gasteiger partial charge >= 0.3 is 12.2 Å². The van der Waals surface area contributed by atoms with Crippen LogP contribution in [0.3, 0.4) is 0 Å². The van der Waals surface area contributed by atoms with Crippen molar-refractivity contribution >= 4 is 12.2 Å². The van der Waals surface area contributed by atoms with Gasteiger partial charge < -0.3 is 19.3 Å². The number of nitrogens with zero attached hydrogens (tertiary/aromatic N) is 3. The number of likely N-dealkylation sites (N-methyl/N-ethyl adjacent to an activating group) is 1. The van der Waals surface area contributed by atoms with Gasteiger partial charge in [0, 0.05) is 39.1 Å². The monoisotopic (exact) mass is 499 g/mol. The first-order valence-corrected chi connectivity index (χ1v) is 13.9. The summed E-state index contributed by atoms with van der Waals surface area (Å²) in [6.45, 7) is 7.53. The molecule has 0 atom stereocenters. The highest BCUT2D eigenvalue weighted by molar-refractivity contribution is 5.69. The van der Waals surface area contributed by atoms with Crippen LogP contribution in [0.25, 0.3) is 0 Å². The molecule has 0 saturated heterocycles. The fourth-order valence-electron chi connectivity index (χ4n) is 7.04. The normalized spacial score (nSPS) is 26.5. The summed E-state index contributed by atoms with van der Waals surface area (Å²) in [5.41, 5.74) is 1.04. The van der Waals surface area contributed by atoms with Gasteiger partial charge in [-0.25, -0.2) is 9.59 Å². The Bertz CT molecular complexity index is 847. The predicted molar refractivity (Wildman–Crippen MR) is 140 cm³/mol. The molecule has 1 heterocycles. The topological polar surface area (TPSA) is 72.0 Å². The largest absolute Gasteiger partial charge is 0.449 e. The van der Waals surface area contributed by atoms with Crippen LogP contribution in [0.2, 0.25) is 0 Å². The lowest BCUT2D eigenvalue weighted by Crippen LogP contribution is -2.48. The molecule has 0 N–H and O–H groups in total. The molecule has 4 saturated carbocycles. The summed E-state index contributed by atoms with van der Waals surface area (Å²) < 4.78 is 11.2. The maximum absolute atomic E-state index is 13.1. The Morgan fingerprint density at radius 3 is 2.17 bits per heavy atom. The molecule has 1 aromatic rings. The first kappa shape index (κ1) is 26.7. The molecule has 0 unspecified atom stereocenters. The first-order valence-electron chi connectivity index (χ1n) is 13.9. The van der Waals surface area contributed by atoms with E-state index >= 15 is 0 Å². The molecule has 0 aromatic carbocycles. The third-order valence-electron chi connectivity index (χ3n) is 8.33. The van der Waals surface area contributed by atoms with E-state index in [-0.39, 0.29) is 12.2 Å². The SMILES string of the molecule is CN(CCN(CCC12CC3CC(CC(C3)C1)C2)C(=O)OCCCc1ccncc1)C(=O)OC(C)(C)C. The zero-order chi connectivity index (χ0) is 25.8.